The van der Waals surface area contributed by atoms with Gasteiger partial charge in [0.1, 0.15) is 16.5 Å². The Morgan fingerprint density at radius 2 is 1.88 bits per heavy atom. The molecule has 0 amide bonds. The number of nitrogens with zero attached hydrogens (tertiary/aromatic N) is 1. The fourth-order valence-electron chi connectivity index (χ4n) is 2.49. The highest BCUT2D eigenvalue weighted by Crippen LogP contribution is 2.32. The van der Waals surface area contributed by atoms with Crippen LogP contribution < -0.4 is 4.74 Å². The van der Waals surface area contributed by atoms with Crippen molar-refractivity contribution in [3.8, 4) is 5.75 Å². The molecule has 0 aromatic heterocycles. The molecule has 0 atom stereocenters. The third-order valence-electron chi connectivity index (χ3n) is 3.96. The van der Waals surface area contributed by atoms with Gasteiger partial charge in [0.25, 0.3) is 0 Å². The molecule has 0 bridgehead atoms. The first-order valence-electron chi connectivity index (χ1n) is 7.60. The van der Waals surface area contributed by atoms with E-state index in [0.717, 1.165) is 5.56 Å². The topological polar surface area (TPSA) is 55.8 Å². The second kappa shape index (κ2) is 7.29. The number of ether oxygens (including phenoxy) is 2. The van der Waals surface area contributed by atoms with Crippen molar-refractivity contribution < 1.29 is 22.3 Å². The first kappa shape index (κ1) is 18.1. The van der Waals surface area contributed by atoms with Crippen molar-refractivity contribution in [2.24, 2.45) is 0 Å². The molecule has 1 aliphatic rings. The molecule has 1 aliphatic heterocycles. The number of rotatable bonds is 6. The van der Waals surface area contributed by atoms with E-state index in [0.29, 0.717) is 11.6 Å². The van der Waals surface area contributed by atoms with Crippen LogP contribution in [0.3, 0.4) is 0 Å². The van der Waals surface area contributed by atoms with Crippen LogP contribution in [0.25, 0.3) is 0 Å². The normalized spacial score (nSPS) is 15.8. The fraction of sp³-hybridized carbons (Fsp3) is 0.294. The predicted octanol–water partition coefficient (Wildman–Crippen LogP) is 3.08. The number of hydrogen-bond acceptors (Lipinski definition) is 4. The van der Waals surface area contributed by atoms with Crippen molar-refractivity contribution in [1.29, 1.82) is 0 Å². The molecule has 0 N–H and O–H groups in total. The molecule has 25 heavy (non-hydrogen) atoms. The van der Waals surface area contributed by atoms with Gasteiger partial charge in [-0.1, -0.05) is 23.7 Å². The van der Waals surface area contributed by atoms with Gasteiger partial charge in [-0.25, -0.2) is 12.8 Å². The summed E-state index contributed by atoms with van der Waals surface area (Å²) in [4.78, 5) is 0.0412. The van der Waals surface area contributed by atoms with Gasteiger partial charge in [-0.2, -0.15) is 4.31 Å². The first-order chi connectivity index (χ1) is 11.9. The van der Waals surface area contributed by atoms with Crippen LogP contribution in [0.5, 0.6) is 5.75 Å². The molecule has 1 saturated heterocycles. The average Bonchev–Trinajstić information content (AvgIpc) is 2.55. The average molecular weight is 386 g/mol. The van der Waals surface area contributed by atoms with Crippen LogP contribution in [-0.4, -0.2) is 39.0 Å². The molecule has 2 aromatic rings. The van der Waals surface area contributed by atoms with E-state index in [1.165, 1.54) is 35.7 Å². The fourth-order valence-corrected chi connectivity index (χ4v) is 4.41. The van der Waals surface area contributed by atoms with Crippen LogP contribution in [0.2, 0.25) is 5.02 Å². The molecule has 0 aliphatic carbocycles. The largest absolute Gasteiger partial charge is 0.495 e. The van der Waals surface area contributed by atoms with Crippen LogP contribution >= 0.6 is 11.6 Å². The van der Waals surface area contributed by atoms with Gasteiger partial charge in [-0.15, -0.1) is 0 Å². The molecule has 0 saturated carbocycles. The van der Waals surface area contributed by atoms with Crippen LogP contribution in [0.4, 0.5) is 4.39 Å². The van der Waals surface area contributed by atoms with E-state index < -0.39 is 10.0 Å². The van der Waals surface area contributed by atoms with Gasteiger partial charge in [-0.3, -0.25) is 0 Å². The summed E-state index contributed by atoms with van der Waals surface area (Å²) in [5.41, 5.74) is 0.833. The highest BCUT2D eigenvalue weighted by Gasteiger charge is 2.38. The summed E-state index contributed by atoms with van der Waals surface area (Å²) in [6.07, 6.45) is -0.204. The molecule has 0 unspecified atom stereocenters. The van der Waals surface area contributed by atoms with Crippen LogP contribution in [0.15, 0.2) is 47.4 Å². The standard InChI is InChI=1S/C17H17ClFNO4S/c1-23-16-7-4-13(18)8-17(16)25(21,22)20-9-15(10-20)24-11-12-2-5-14(19)6-3-12/h2-8,15H,9-11H2,1H3. The summed E-state index contributed by atoms with van der Waals surface area (Å²) in [7, 11) is -2.28. The minimum atomic E-state index is -3.69. The zero-order valence-electron chi connectivity index (χ0n) is 13.5. The maximum Gasteiger partial charge on any atom is 0.246 e. The van der Waals surface area contributed by atoms with Gasteiger partial charge in [0.05, 0.1) is 19.8 Å². The number of sulfonamides is 1. The van der Waals surface area contributed by atoms with E-state index in [9.17, 15) is 12.8 Å². The Kier molecular flexibility index (Phi) is 5.29. The van der Waals surface area contributed by atoms with Gasteiger partial charge in [-0.05, 0) is 35.9 Å². The Morgan fingerprint density at radius 1 is 1.20 bits per heavy atom. The SMILES string of the molecule is COc1ccc(Cl)cc1S(=O)(=O)N1CC(OCc2ccc(F)cc2)C1. The van der Waals surface area contributed by atoms with E-state index in [4.69, 9.17) is 21.1 Å². The maximum absolute atomic E-state index is 12.9. The summed E-state index contributed by atoms with van der Waals surface area (Å²) in [5, 5.41) is 0.323. The molecule has 0 radical (unpaired) electrons. The lowest BCUT2D eigenvalue weighted by Crippen LogP contribution is -2.54. The quantitative estimate of drug-likeness (QED) is 0.766. The Labute approximate surface area is 151 Å². The smallest absolute Gasteiger partial charge is 0.246 e. The monoisotopic (exact) mass is 385 g/mol. The summed E-state index contributed by atoms with van der Waals surface area (Å²) < 4.78 is 50.3. The third-order valence-corrected chi connectivity index (χ3v) is 6.04. The second-order valence-corrected chi connectivity index (χ2v) is 8.02. The number of benzene rings is 2. The summed E-state index contributed by atoms with van der Waals surface area (Å²) in [5.74, 6) is -0.0554. The maximum atomic E-state index is 12.9. The highest BCUT2D eigenvalue weighted by molar-refractivity contribution is 7.89. The van der Waals surface area contributed by atoms with E-state index >= 15 is 0 Å². The third kappa shape index (κ3) is 3.95. The van der Waals surface area contributed by atoms with Crippen molar-refractivity contribution in [2.45, 2.75) is 17.6 Å². The first-order valence-corrected chi connectivity index (χ1v) is 9.41. The Hall–Kier alpha value is -1.67. The Morgan fingerprint density at radius 3 is 2.52 bits per heavy atom. The van der Waals surface area contributed by atoms with Gasteiger partial charge >= 0.3 is 0 Å². The van der Waals surface area contributed by atoms with Gasteiger partial charge in [0.2, 0.25) is 10.0 Å². The van der Waals surface area contributed by atoms with E-state index in [1.54, 1.807) is 18.2 Å². The molecular formula is C17H17ClFNO4S. The molecule has 1 heterocycles. The van der Waals surface area contributed by atoms with Gasteiger partial charge in [0, 0.05) is 18.1 Å². The number of hydrogen-bond donors (Lipinski definition) is 0. The highest BCUT2D eigenvalue weighted by atomic mass is 35.5. The molecular weight excluding hydrogens is 369 g/mol. The lowest BCUT2D eigenvalue weighted by Gasteiger charge is -2.37. The predicted molar refractivity (Wildman–Crippen MR) is 91.7 cm³/mol. The van der Waals surface area contributed by atoms with E-state index in [-0.39, 0.29) is 35.7 Å². The van der Waals surface area contributed by atoms with Crippen LogP contribution in [-0.2, 0) is 21.4 Å². The Bertz CT molecular complexity index is 851. The van der Waals surface area contributed by atoms with Gasteiger partial charge in [0.15, 0.2) is 0 Å². The number of methoxy groups -OCH3 is 1. The molecule has 5 nitrogen and oxygen atoms in total. The lowest BCUT2D eigenvalue weighted by atomic mass is 10.2. The Balaban J connectivity index is 1.61. The van der Waals surface area contributed by atoms with E-state index in [2.05, 4.69) is 0 Å². The van der Waals surface area contributed by atoms with E-state index in [1.807, 2.05) is 0 Å². The molecule has 1 fully saturated rings. The van der Waals surface area contributed by atoms with Crippen molar-refractivity contribution in [3.05, 3.63) is 58.9 Å². The zero-order valence-corrected chi connectivity index (χ0v) is 15.1. The summed E-state index contributed by atoms with van der Waals surface area (Å²) >= 11 is 5.91. The van der Waals surface area contributed by atoms with Crippen molar-refractivity contribution >= 4 is 21.6 Å². The summed E-state index contributed by atoms with van der Waals surface area (Å²) in [6, 6.07) is 10.5. The molecule has 0 spiro atoms. The minimum Gasteiger partial charge on any atom is -0.495 e. The summed E-state index contributed by atoms with van der Waals surface area (Å²) in [6.45, 7) is 0.803. The minimum absolute atomic E-state index is 0.0412. The lowest BCUT2D eigenvalue weighted by molar-refractivity contribution is -0.0296. The zero-order chi connectivity index (χ0) is 18.0. The second-order valence-electron chi connectivity index (χ2n) is 5.68. The number of halogens is 2. The van der Waals surface area contributed by atoms with Crippen molar-refractivity contribution in [2.75, 3.05) is 20.2 Å². The molecule has 8 heteroatoms. The van der Waals surface area contributed by atoms with Gasteiger partial charge < -0.3 is 9.47 Å². The van der Waals surface area contributed by atoms with Crippen molar-refractivity contribution in [3.63, 3.8) is 0 Å². The van der Waals surface area contributed by atoms with Crippen LogP contribution in [0.1, 0.15) is 5.56 Å². The molecule has 134 valence electrons. The van der Waals surface area contributed by atoms with Crippen molar-refractivity contribution in [1.82, 2.24) is 4.31 Å². The molecule has 3 rings (SSSR count). The molecule has 2 aromatic carbocycles. The van der Waals surface area contributed by atoms with Crippen LogP contribution in [0, 0.1) is 5.82 Å².